The topological polar surface area (TPSA) is 0 Å². The molecule has 118 valence electrons. The van der Waals surface area contributed by atoms with Crippen LogP contribution in [0.25, 0.3) is 0 Å². The number of hydrogen-bond acceptors (Lipinski definition) is 0. The van der Waals surface area contributed by atoms with Gasteiger partial charge in [0.2, 0.25) is 0 Å². The van der Waals surface area contributed by atoms with Gasteiger partial charge < -0.3 is 0 Å². The highest BCUT2D eigenvalue weighted by atomic mass is 31.1. The van der Waals surface area contributed by atoms with Crippen LogP contribution in [0.15, 0.2) is 42.0 Å². The van der Waals surface area contributed by atoms with Crippen molar-refractivity contribution in [3.63, 3.8) is 0 Å². The fourth-order valence-corrected chi connectivity index (χ4v) is 3.06. The van der Waals surface area contributed by atoms with E-state index < -0.39 is 0 Å². The standard InChI is InChI=1S/C18H27P.C2H6/c1-6-8-17-12-11-16(13-18(17)19-5)10-9-15(4)14(3)7-2;1-2/h7,11-13,19H,2,6,8-10H2,1,3-5H3;1-2H3/b15-14+;. The summed E-state index contributed by atoms with van der Waals surface area (Å²) in [6, 6.07) is 7.06. The summed E-state index contributed by atoms with van der Waals surface area (Å²) < 4.78 is 0. The molecular formula is C20H33P. The van der Waals surface area contributed by atoms with E-state index in [1.54, 1.807) is 10.9 Å². The quantitative estimate of drug-likeness (QED) is 0.424. The van der Waals surface area contributed by atoms with Crippen molar-refractivity contribution in [2.24, 2.45) is 0 Å². The fourth-order valence-electron chi connectivity index (χ4n) is 2.20. The van der Waals surface area contributed by atoms with E-state index in [-0.39, 0.29) is 0 Å². The molecule has 1 heteroatoms. The first-order valence-corrected chi connectivity index (χ1v) is 9.70. The number of rotatable bonds is 7. The lowest BCUT2D eigenvalue weighted by Crippen LogP contribution is -2.05. The number of aryl methyl sites for hydroxylation is 2. The monoisotopic (exact) mass is 304 g/mol. The van der Waals surface area contributed by atoms with Crippen LogP contribution in [0.1, 0.15) is 58.6 Å². The minimum Gasteiger partial charge on any atom is -0.0988 e. The van der Waals surface area contributed by atoms with Gasteiger partial charge in [-0.3, -0.25) is 0 Å². The Morgan fingerprint density at radius 1 is 1.19 bits per heavy atom. The molecule has 1 rings (SSSR count). The van der Waals surface area contributed by atoms with Crippen molar-refractivity contribution in [1.82, 2.24) is 0 Å². The molecule has 0 N–H and O–H groups in total. The highest BCUT2D eigenvalue weighted by Gasteiger charge is 2.03. The number of benzene rings is 1. The molecule has 0 aliphatic rings. The molecule has 0 aliphatic heterocycles. The largest absolute Gasteiger partial charge is 0.0988 e. The van der Waals surface area contributed by atoms with E-state index in [0.717, 1.165) is 21.4 Å². The van der Waals surface area contributed by atoms with E-state index in [1.807, 2.05) is 19.9 Å². The highest BCUT2D eigenvalue weighted by molar-refractivity contribution is 7.46. The predicted molar refractivity (Wildman–Crippen MR) is 103 cm³/mol. The molecule has 1 unspecified atom stereocenters. The Hall–Kier alpha value is -0.870. The molecule has 0 nitrogen and oxygen atoms in total. The van der Waals surface area contributed by atoms with Gasteiger partial charge in [-0.1, -0.05) is 77.8 Å². The van der Waals surface area contributed by atoms with Crippen LogP contribution in [0.4, 0.5) is 0 Å². The SMILES string of the molecule is C=C/C(C)=C(\C)CCc1ccc(CCC)c(PC)c1.CC. The maximum atomic E-state index is 3.84. The second-order valence-electron chi connectivity index (χ2n) is 5.16. The average Bonchev–Trinajstić information content (AvgIpc) is 2.54. The summed E-state index contributed by atoms with van der Waals surface area (Å²) in [6.45, 7) is 16.7. The first-order chi connectivity index (χ1) is 10.1. The van der Waals surface area contributed by atoms with Crippen molar-refractivity contribution >= 4 is 13.9 Å². The Morgan fingerprint density at radius 3 is 2.38 bits per heavy atom. The summed E-state index contributed by atoms with van der Waals surface area (Å²) >= 11 is 0. The summed E-state index contributed by atoms with van der Waals surface area (Å²) in [4.78, 5) is 0. The molecule has 1 aromatic rings. The van der Waals surface area contributed by atoms with Gasteiger partial charge in [0.1, 0.15) is 0 Å². The van der Waals surface area contributed by atoms with Crippen molar-refractivity contribution in [1.29, 1.82) is 0 Å². The molecule has 1 aromatic carbocycles. The second-order valence-corrected chi connectivity index (χ2v) is 6.20. The summed E-state index contributed by atoms with van der Waals surface area (Å²) in [6.07, 6.45) is 6.68. The van der Waals surface area contributed by atoms with Gasteiger partial charge in [0.05, 0.1) is 0 Å². The third-order valence-electron chi connectivity index (χ3n) is 3.73. The first-order valence-electron chi connectivity index (χ1n) is 8.20. The van der Waals surface area contributed by atoms with E-state index in [1.165, 1.54) is 29.6 Å². The molecular weight excluding hydrogens is 271 g/mol. The third-order valence-corrected chi connectivity index (χ3v) is 4.74. The Bertz CT molecular complexity index is 455. The maximum absolute atomic E-state index is 3.84. The van der Waals surface area contributed by atoms with Crippen LogP contribution >= 0.6 is 8.58 Å². The van der Waals surface area contributed by atoms with Gasteiger partial charge >= 0.3 is 0 Å². The lowest BCUT2D eigenvalue weighted by Gasteiger charge is -2.10. The van der Waals surface area contributed by atoms with Gasteiger partial charge in [-0.15, -0.1) is 0 Å². The van der Waals surface area contributed by atoms with Crippen LogP contribution < -0.4 is 5.30 Å². The molecule has 0 fully saturated rings. The molecule has 0 saturated carbocycles. The van der Waals surface area contributed by atoms with Crippen molar-refractivity contribution in [2.45, 2.75) is 60.3 Å². The Balaban J connectivity index is 0.00000191. The minimum absolute atomic E-state index is 0.901. The zero-order valence-corrected chi connectivity index (χ0v) is 15.8. The number of allylic oxidation sites excluding steroid dienone is 3. The molecule has 1 atom stereocenters. The maximum Gasteiger partial charge on any atom is -0.0240 e. The van der Waals surface area contributed by atoms with Crippen molar-refractivity contribution in [3.8, 4) is 0 Å². The van der Waals surface area contributed by atoms with Gasteiger partial charge in [-0.2, -0.15) is 0 Å². The molecule has 21 heavy (non-hydrogen) atoms. The second kappa shape index (κ2) is 11.8. The summed E-state index contributed by atoms with van der Waals surface area (Å²) in [7, 11) is 0.901. The van der Waals surface area contributed by atoms with Gasteiger partial charge in [-0.05, 0) is 56.2 Å². The zero-order chi connectivity index (χ0) is 16.3. The van der Waals surface area contributed by atoms with E-state index in [2.05, 4.69) is 52.2 Å². The lowest BCUT2D eigenvalue weighted by atomic mass is 10.0. The lowest BCUT2D eigenvalue weighted by molar-refractivity contribution is 0.913. The first kappa shape index (κ1) is 20.1. The van der Waals surface area contributed by atoms with Crippen LogP contribution in [0.3, 0.4) is 0 Å². The van der Waals surface area contributed by atoms with Crippen molar-refractivity contribution < 1.29 is 0 Å². The molecule has 0 amide bonds. The smallest absolute Gasteiger partial charge is 0.0240 e. The van der Waals surface area contributed by atoms with E-state index >= 15 is 0 Å². The van der Waals surface area contributed by atoms with Gasteiger partial charge in [-0.25, -0.2) is 0 Å². The molecule has 0 bridgehead atoms. The Labute approximate surface area is 134 Å². The van der Waals surface area contributed by atoms with Crippen LogP contribution in [0, 0.1) is 0 Å². The zero-order valence-electron chi connectivity index (χ0n) is 14.8. The van der Waals surface area contributed by atoms with Gasteiger partial charge in [0.25, 0.3) is 0 Å². The molecule has 0 saturated heterocycles. The summed E-state index contributed by atoms with van der Waals surface area (Å²) in [5.74, 6) is 0. The van der Waals surface area contributed by atoms with Crippen LogP contribution in [-0.2, 0) is 12.8 Å². The van der Waals surface area contributed by atoms with Crippen molar-refractivity contribution in [3.05, 3.63) is 53.1 Å². The fraction of sp³-hybridized carbons (Fsp3) is 0.500. The molecule has 0 heterocycles. The van der Waals surface area contributed by atoms with Crippen LogP contribution in [0.5, 0.6) is 0 Å². The van der Waals surface area contributed by atoms with E-state index in [0.29, 0.717) is 0 Å². The normalized spacial score (nSPS) is 11.9. The molecule has 0 spiro atoms. The Morgan fingerprint density at radius 2 is 1.86 bits per heavy atom. The molecule has 0 aliphatic carbocycles. The van der Waals surface area contributed by atoms with Crippen molar-refractivity contribution in [2.75, 3.05) is 6.66 Å². The van der Waals surface area contributed by atoms with E-state index in [9.17, 15) is 0 Å². The Kier molecular flexibility index (Phi) is 11.3. The summed E-state index contributed by atoms with van der Waals surface area (Å²) in [5, 5.41) is 1.56. The molecule has 0 aromatic heterocycles. The van der Waals surface area contributed by atoms with Crippen LogP contribution in [0.2, 0.25) is 0 Å². The van der Waals surface area contributed by atoms with E-state index in [4.69, 9.17) is 0 Å². The summed E-state index contributed by atoms with van der Waals surface area (Å²) in [5.41, 5.74) is 5.79. The van der Waals surface area contributed by atoms with Crippen LogP contribution in [-0.4, -0.2) is 6.66 Å². The third kappa shape index (κ3) is 7.09. The highest BCUT2D eigenvalue weighted by Crippen LogP contribution is 2.17. The average molecular weight is 304 g/mol. The molecule has 0 radical (unpaired) electrons. The van der Waals surface area contributed by atoms with Gasteiger partial charge in [0.15, 0.2) is 0 Å². The number of hydrogen-bond donors (Lipinski definition) is 0. The predicted octanol–water partition coefficient (Wildman–Crippen LogP) is 6.05. The van der Waals surface area contributed by atoms with Gasteiger partial charge in [0, 0.05) is 0 Å². The minimum atomic E-state index is 0.901.